The van der Waals surface area contributed by atoms with Crippen LogP contribution in [0.1, 0.15) is 41.0 Å². The van der Waals surface area contributed by atoms with Gasteiger partial charge in [-0.25, -0.2) is 0 Å². The van der Waals surface area contributed by atoms with Gasteiger partial charge < -0.3 is 0 Å². The second-order valence-electron chi connectivity index (χ2n) is 4.74. The standard InChI is InChI=1S/C16H13/c1-2-6-12-11(5-1)15-9-10-16(12)14-8-4-3-7-13(14)15/h1-8,15H,9-10H2. The van der Waals surface area contributed by atoms with Gasteiger partial charge in [-0.05, 0) is 35.1 Å². The van der Waals surface area contributed by atoms with Gasteiger partial charge in [0.25, 0.3) is 0 Å². The molecule has 0 unspecified atom stereocenters. The van der Waals surface area contributed by atoms with E-state index < -0.39 is 0 Å². The molecule has 0 atom stereocenters. The fraction of sp³-hybridized carbons (Fsp3) is 0.188. The van der Waals surface area contributed by atoms with Gasteiger partial charge in [0, 0.05) is 11.8 Å². The lowest BCUT2D eigenvalue weighted by atomic mass is 9.64. The zero-order valence-corrected chi connectivity index (χ0v) is 9.11. The third-order valence-electron chi connectivity index (χ3n) is 4.01. The maximum Gasteiger partial charge on any atom is 0.0346 e. The molecule has 16 heavy (non-hydrogen) atoms. The Kier molecular flexibility index (Phi) is 1.59. The highest BCUT2D eigenvalue weighted by Crippen LogP contribution is 2.51. The minimum absolute atomic E-state index is 0.643. The molecule has 0 fully saturated rings. The molecule has 0 saturated heterocycles. The van der Waals surface area contributed by atoms with Crippen LogP contribution in [0, 0.1) is 5.92 Å². The van der Waals surface area contributed by atoms with Crippen molar-refractivity contribution in [3.63, 3.8) is 0 Å². The van der Waals surface area contributed by atoms with Gasteiger partial charge in [0.1, 0.15) is 0 Å². The molecule has 0 saturated carbocycles. The molecular formula is C16H13. The van der Waals surface area contributed by atoms with E-state index in [0.29, 0.717) is 5.92 Å². The van der Waals surface area contributed by atoms with Gasteiger partial charge in [-0.1, -0.05) is 48.5 Å². The molecule has 2 aromatic rings. The molecule has 0 aliphatic heterocycles. The smallest absolute Gasteiger partial charge is 0.0346 e. The molecular weight excluding hydrogens is 192 g/mol. The van der Waals surface area contributed by atoms with Gasteiger partial charge in [-0.15, -0.1) is 0 Å². The molecule has 5 rings (SSSR count). The van der Waals surface area contributed by atoms with Crippen LogP contribution < -0.4 is 0 Å². The molecule has 2 bridgehead atoms. The molecule has 0 heteroatoms. The van der Waals surface area contributed by atoms with Crippen LogP contribution in [0.25, 0.3) is 0 Å². The maximum atomic E-state index is 2.30. The Bertz CT molecular complexity index is 456. The summed E-state index contributed by atoms with van der Waals surface area (Å²) in [6, 6.07) is 17.8. The number of hydrogen-bond donors (Lipinski definition) is 0. The van der Waals surface area contributed by atoms with E-state index in [-0.39, 0.29) is 0 Å². The average molecular weight is 205 g/mol. The van der Waals surface area contributed by atoms with Gasteiger partial charge in [0.15, 0.2) is 0 Å². The minimum Gasteiger partial charge on any atom is -0.0620 e. The van der Waals surface area contributed by atoms with Crippen LogP contribution in [0.4, 0.5) is 0 Å². The number of benzene rings is 2. The van der Waals surface area contributed by atoms with E-state index in [1.54, 1.807) is 17.0 Å². The lowest BCUT2D eigenvalue weighted by molar-refractivity contribution is 0.610. The Hall–Kier alpha value is -1.56. The summed E-state index contributed by atoms with van der Waals surface area (Å²) in [5.74, 6) is 2.21. The van der Waals surface area contributed by atoms with Crippen molar-refractivity contribution in [3.8, 4) is 0 Å². The molecule has 0 heterocycles. The third kappa shape index (κ3) is 0.948. The summed E-state index contributed by atoms with van der Waals surface area (Å²) in [4.78, 5) is 0. The Morgan fingerprint density at radius 2 is 1.31 bits per heavy atom. The Morgan fingerprint density at radius 1 is 0.750 bits per heavy atom. The number of fused-ring (bicyclic) bond motifs is 1. The highest BCUT2D eigenvalue weighted by atomic mass is 14.4. The van der Waals surface area contributed by atoms with E-state index >= 15 is 0 Å². The normalized spacial score (nSPS) is 18.2. The van der Waals surface area contributed by atoms with Gasteiger partial charge >= 0.3 is 0 Å². The highest BCUT2D eigenvalue weighted by Gasteiger charge is 2.36. The fourth-order valence-corrected chi connectivity index (χ4v) is 3.33. The monoisotopic (exact) mass is 205 g/mol. The lowest BCUT2D eigenvalue weighted by Crippen LogP contribution is -2.24. The first-order chi connectivity index (χ1) is 7.95. The van der Waals surface area contributed by atoms with Crippen LogP contribution in [0.2, 0.25) is 0 Å². The first-order valence-corrected chi connectivity index (χ1v) is 5.99. The largest absolute Gasteiger partial charge is 0.0620 e. The molecule has 3 aliphatic carbocycles. The highest BCUT2D eigenvalue weighted by molar-refractivity contribution is 5.63. The maximum absolute atomic E-state index is 2.30. The second kappa shape index (κ2) is 2.98. The third-order valence-corrected chi connectivity index (χ3v) is 4.01. The summed E-state index contributed by atoms with van der Waals surface area (Å²) < 4.78 is 0. The van der Waals surface area contributed by atoms with Gasteiger partial charge in [-0.2, -0.15) is 0 Å². The van der Waals surface area contributed by atoms with Crippen LogP contribution in [0.15, 0.2) is 48.5 Å². The first-order valence-electron chi connectivity index (χ1n) is 5.99. The predicted octanol–water partition coefficient (Wildman–Crippen LogP) is 3.90. The molecule has 77 valence electrons. The van der Waals surface area contributed by atoms with Crippen molar-refractivity contribution in [3.05, 3.63) is 76.7 Å². The molecule has 0 amide bonds. The minimum atomic E-state index is 0.643. The zero-order valence-electron chi connectivity index (χ0n) is 9.11. The van der Waals surface area contributed by atoms with E-state index in [1.165, 1.54) is 24.0 Å². The van der Waals surface area contributed by atoms with Crippen molar-refractivity contribution in [1.29, 1.82) is 0 Å². The molecule has 0 spiro atoms. The van der Waals surface area contributed by atoms with E-state index in [4.69, 9.17) is 0 Å². The molecule has 1 radical (unpaired) electrons. The van der Waals surface area contributed by atoms with E-state index in [2.05, 4.69) is 48.5 Å². The summed E-state index contributed by atoms with van der Waals surface area (Å²) in [6.07, 6.45) is 2.54. The topological polar surface area (TPSA) is 0 Å². The van der Waals surface area contributed by atoms with Crippen LogP contribution in [0.5, 0.6) is 0 Å². The van der Waals surface area contributed by atoms with Crippen molar-refractivity contribution in [2.45, 2.75) is 18.8 Å². The van der Waals surface area contributed by atoms with Crippen molar-refractivity contribution < 1.29 is 0 Å². The zero-order chi connectivity index (χ0) is 10.5. The molecule has 3 aliphatic rings. The molecule has 0 nitrogen and oxygen atoms in total. The Morgan fingerprint density at radius 3 is 1.94 bits per heavy atom. The fourth-order valence-electron chi connectivity index (χ4n) is 3.33. The Balaban J connectivity index is 2.04. The van der Waals surface area contributed by atoms with Crippen molar-refractivity contribution in [1.82, 2.24) is 0 Å². The van der Waals surface area contributed by atoms with Gasteiger partial charge in [-0.3, -0.25) is 0 Å². The van der Waals surface area contributed by atoms with E-state index in [0.717, 1.165) is 0 Å². The quantitative estimate of drug-likeness (QED) is 0.612. The van der Waals surface area contributed by atoms with E-state index in [9.17, 15) is 0 Å². The summed E-state index contributed by atoms with van der Waals surface area (Å²) >= 11 is 0. The van der Waals surface area contributed by atoms with Crippen LogP contribution in [0.3, 0.4) is 0 Å². The first kappa shape index (κ1) is 8.58. The van der Waals surface area contributed by atoms with Crippen molar-refractivity contribution in [2.24, 2.45) is 0 Å². The molecule has 0 N–H and O–H groups in total. The number of hydrogen-bond acceptors (Lipinski definition) is 0. The predicted molar refractivity (Wildman–Crippen MR) is 65.4 cm³/mol. The van der Waals surface area contributed by atoms with Crippen LogP contribution in [-0.4, -0.2) is 0 Å². The van der Waals surface area contributed by atoms with Gasteiger partial charge in [0.05, 0.1) is 0 Å². The summed E-state index contributed by atoms with van der Waals surface area (Å²) in [6.45, 7) is 0. The number of rotatable bonds is 0. The summed E-state index contributed by atoms with van der Waals surface area (Å²) in [7, 11) is 0. The van der Waals surface area contributed by atoms with Crippen LogP contribution >= 0.6 is 0 Å². The van der Waals surface area contributed by atoms with Gasteiger partial charge in [0.2, 0.25) is 0 Å². The lowest BCUT2D eigenvalue weighted by Gasteiger charge is -2.39. The van der Waals surface area contributed by atoms with Crippen LogP contribution in [-0.2, 0) is 0 Å². The SMILES string of the molecule is c1ccc2c(c1)[C]1CCC2c2ccccc21. The van der Waals surface area contributed by atoms with E-state index in [1.807, 2.05) is 0 Å². The molecule has 0 aromatic heterocycles. The average Bonchev–Trinajstić information content (AvgIpc) is 2.40. The van der Waals surface area contributed by atoms with Crippen molar-refractivity contribution >= 4 is 0 Å². The Labute approximate surface area is 95.9 Å². The molecule has 2 aromatic carbocycles. The summed E-state index contributed by atoms with van der Waals surface area (Å²) in [5, 5.41) is 0. The van der Waals surface area contributed by atoms with Crippen molar-refractivity contribution in [2.75, 3.05) is 0 Å². The summed E-state index contributed by atoms with van der Waals surface area (Å²) in [5.41, 5.74) is 6.08. The second-order valence-corrected chi connectivity index (χ2v) is 4.74.